The number of nitriles is 1. The van der Waals surface area contributed by atoms with Crippen molar-refractivity contribution in [3.05, 3.63) is 42.2 Å². The van der Waals surface area contributed by atoms with Crippen LogP contribution >= 0.6 is 0 Å². The van der Waals surface area contributed by atoms with Crippen LogP contribution in [0, 0.1) is 11.3 Å². The van der Waals surface area contributed by atoms with E-state index in [0.29, 0.717) is 6.54 Å². The molecule has 0 saturated carbocycles. The van der Waals surface area contributed by atoms with Crippen molar-refractivity contribution in [1.82, 2.24) is 10.3 Å². The Balaban J connectivity index is 1.82. The Morgan fingerprint density at radius 2 is 2.30 bits per heavy atom. The van der Waals surface area contributed by atoms with E-state index in [4.69, 9.17) is 4.74 Å². The monoisotopic (exact) mass is 267 g/mol. The van der Waals surface area contributed by atoms with Crippen molar-refractivity contribution >= 4 is 10.8 Å². The third kappa shape index (κ3) is 2.64. The normalized spacial score (nSPS) is 19.9. The number of rotatable bonds is 4. The zero-order valence-electron chi connectivity index (χ0n) is 11.2. The van der Waals surface area contributed by atoms with Gasteiger partial charge in [0.1, 0.15) is 6.04 Å². The summed E-state index contributed by atoms with van der Waals surface area (Å²) in [5.41, 5.74) is 0.934. The Bertz CT molecular complexity index is 624. The fourth-order valence-electron chi connectivity index (χ4n) is 2.65. The Hall–Kier alpha value is -1.96. The van der Waals surface area contributed by atoms with E-state index >= 15 is 0 Å². The SMILES string of the molecule is N#CC(NCC1CCCO1)c1cncc2ccccc12. The molecule has 1 aliphatic rings. The summed E-state index contributed by atoms with van der Waals surface area (Å²) in [5, 5.41) is 14.9. The van der Waals surface area contributed by atoms with Crippen molar-refractivity contribution in [1.29, 1.82) is 5.26 Å². The largest absolute Gasteiger partial charge is 0.377 e. The molecular formula is C16H17N3O. The van der Waals surface area contributed by atoms with Crippen molar-refractivity contribution in [2.75, 3.05) is 13.2 Å². The number of fused-ring (bicyclic) bond motifs is 1. The molecule has 1 N–H and O–H groups in total. The van der Waals surface area contributed by atoms with Gasteiger partial charge in [-0.25, -0.2) is 0 Å². The number of ether oxygens (including phenoxy) is 1. The van der Waals surface area contributed by atoms with Gasteiger partial charge in [0, 0.05) is 36.5 Å². The smallest absolute Gasteiger partial charge is 0.123 e. The van der Waals surface area contributed by atoms with Gasteiger partial charge < -0.3 is 4.74 Å². The Kier molecular flexibility index (Phi) is 3.91. The van der Waals surface area contributed by atoms with Crippen molar-refractivity contribution in [2.45, 2.75) is 25.0 Å². The van der Waals surface area contributed by atoms with E-state index < -0.39 is 0 Å². The fraction of sp³-hybridized carbons (Fsp3) is 0.375. The first-order valence-electron chi connectivity index (χ1n) is 6.96. The summed E-state index contributed by atoms with van der Waals surface area (Å²) in [4.78, 5) is 4.24. The van der Waals surface area contributed by atoms with E-state index in [9.17, 15) is 5.26 Å². The minimum Gasteiger partial charge on any atom is -0.377 e. The topological polar surface area (TPSA) is 57.9 Å². The molecule has 0 amide bonds. The van der Waals surface area contributed by atoms with Gasteiger partial charge in [0.05, 0.1) is 12.2 Å². The first-order valence-corrected chi connectivity index (χ1v) is 6.96. The molecule has 0 bridgehead atoms. The lowest BCUT2D eigenvalue weighted by Gasteiger charge is -2.16. The van der Waals surface area contributed by atoms with Gasteiger partial charge in [-0.1, -0.05) is 24.3 Å². The molecule has 1 fully saturated rings. The second-order valence-electron chi connectivity index (χ2n) is 5.06. The maximum atomic E-state index is 9.43. The third-order valence-electron chi connectivity index (χ3n) is 3.71. The second-order valence-corrected chi connectivity index (χ2v) is 5.06. The Morgan fingerprint density at radius 3 is 3.10 bits per heavy atom. The van der Waals surface area contributed by atoms with Gasteiger partial charge in [-0.3, -0.25) is 10.3 Å². The molecule has 2 aromatic rings. The fourth-order valence-corrected chi connectivity index (χ4v) is 2.65. The summed E-state index contributed by atoms with van der Waals surface area (Å²) in [7, 11) is 0. The molecule has 2 heterocycles. The average molecular weight is 267 g/mol. The van der Waals surface area contributed by atoms with Gasteiger partial charge in [-0.2, -0.15) is 5.26 Å². The molecular weight excluding hydrogens is 250 g/mol. The number of benzene rings is 1. The molecule has 0 radical (unpaired) electrons. The molecule has 0 aliphatic carbocycles. The van der Waals surface area contributed by atoms with E-state index in [0.717, 1.165) is 35.8 Å². The number of nitrogens with one attached hydrogen (secondary N) is 1. The lowest BCUT2D eigenvalue weighted by molar-refractivity contribution is 0.109. The summed E-state index contributed by atoms with van der Waals surface area (Å²) in [6.07, 6.45) is 6.01. The molecule has 2 unspecified atom stereocenters. The third-order valence-corrected chi connectivity index (χ3v) is 3.71. The molecule has 4 nitrogen and oxygen atoms in total. The molecule has 1 aliphatic heterocycles. The van der Waals surface area contributed by atoms with Crippen molar-refractivity contribution < 1.29 is 4.74 Å². The highest BCUT2D eigenvalue weighted by atomic mass is 16.5. The quantitative estimate of drug-likeness (QED) is 0.925. The minimum atomic E-state index is -0.349. The van der Waals surface area contributed by atoms with Crippen molar-refractivity contribution in [3.63, 3.8) is 0 Å². The summed E-state index contributed by atoms with van der Waals surface area (Å²) < 4.78 is 5.58. The van der Waals surface area contributed by atoms with Gasteiger partial charge in [-0.05, 0) is 18.2 Å². The minimum absolute atomic E-state index is 0.230. The van der Waals surface area contributed by atoms with Crippen molar-refractivity contribution in [2.24, 2.45) is 0 Å². The highest BCUT2D eigenvalue weighted by Crippen LogP contribution is 2.23. The first kappa shape index (κ1) is 13.0. The summed E-state index contributed by atoms with van der Waals surface area (Å²) in [5.74, 6) is 0. The van der Waals surface area contributed by atoms with E-state index in [1.54, 1.807) is 6.20 Å². The second kappa shape index (κ2) is 6.00. The van der Waals surface area contributed by atoms with Gasteiger partial charge >= 0.3 is 0 Å². The summed E-state index contributed by atoms with van der Waals surface area (Å²) in [6.45, 7) is 1.54. The van der Waals surface area contributed by atoms with Crippen LogP contribution in [0.15, 0.2) is 36.7 Å². The number of hydrogen-bond donors (Lipinski definition) is 1. The van der Waals surface area contributed by atoms with E-state index in [2.05, 4.69) is 16.4 Å². The van der Waals surface area contributed by atoms with Crippen LogP contribution in [0.2, 0.25) is 0 Å². The molecule has 102 valence electrons. The van der Waals surface area contributed by atoms with Gasteiger partial charge in [-0.15, -0.1) is 0 Å². The van der Waals surface area contributed by atoms with Gasteiger partial charge in [0.15, 0.2) is 0 Å². The van der Waals surface area contributed by atoms with Crippen molar-refractivity contribution in [3.8, 4) is 6.07 Å². The van der Waals surface area contributed by atoms with Crippen LogP contribution in [-0.2, 0) is 4.74 Å². The lowest BCUT2D eigenvalue weighted by Crippen LogP contribution is -2.29. The number of pyridine rings is 1. The summed E-state index contributed by atoms with van der Waals surface area (Å²) in [6, 6.07) is 9.99. The average Bonchev–Trinajstić information content (AvgIpc) is 3.01. The molecule has 20 heavy (non-hydrogen) atoms. The highest BCUT2D eigenvalue weighted by molar-refractivity contribution is 5.85. The van der Waals surface area contributed by atoms with Crippen LogP contribution in [0.3, 0.4) is 0 Å². The molecule has 1 aromatic heterocycles. The van der Waals surface area contributed by atoms with Crippen LogP contribution in [0.5, 0.6) is 0 Å². The first-order chi connectivity index (χ1) is 9.88. The number of nitrogens with zero attached hydrogens (tertiary/aromatic N) is 2. The highest BCUT2D eigenvalue weighted by Gasteiger charge is 2.19. The van der Waals surface area contributed by atoms with Crippen LogP contribution < -0.4 is 5.32 Å². The maximum absolute atomic E-state index is 9.43. The van der Waals surface area contributed by atoms with E-state index in [-0.39, 0.29) is 12.1 Å². The number of aromatic nitrogens is 1. The molecule has 1 aromatic carbocycles. The van der Waals surface area contributed by atoms with Gasteiger partial charge in [0.2, 0.25) is 0 Å². The zero-order valence-corrected chi connectivity index (χ0v) is 11.2. The molecule has 1 saturated heterocycles. The van der Waals surface area contributed by atoms with Crippen LogP contribution in [-0.4, -0.2) is 24.2 Å². The molecule has 2 atom stereocenters. The predicted molar refractivity (Wildman–Crippen MR) is 77.1 cm³/mol. The predicted octanol–water partition coefficient (Wildman–Crippen LogP) is 2.57. The van der Waals surface area contributed by atoms with Crippen LogP contribution in [0.1, 0.15) is 24.4 Å². The van der Waals surface area contributed by atoms with Crippen LogP contribution in [0.4, 0.5) is 0 Å². The van der Waals surface area contributed by atoms with Gasteiger partial charge in [0.25, 0.3) is 0 Å². The molecule has 4 heteroatoms. The number of hydrogen-bond acceptors (Lipinski definition) is 4. The van der Waals surface area contributed by atoms with E-state index in [1.807, 2.05) is 30.5 Å². The zero-order chi connectivity index (χ0) is 13.8. The molecule has 3 rings (SSSR count). The Labute approximate surface area is 118 Å². The van der Waals surface area contributed by atoms with E-state index in [1.165, 1.54) is 0 Å². The summed E-state index contributed by atoms with van der Waals surface area (Å²) >= 11 is 0. The maximum Gasteiger partial charge on any atom is 0.123 e. The van der Waals surface area contributed by atoms with Crippen LogP contribution in [0.25, 0.3) is 10.8 Å². The Morgan fingerprint density at radius 1 is 1.40 bits per heavy atom. The molecule has 0 spiro atoms. The standard InChI is InChI=1S/C16H17N3O/c17-8-16(19-10-13-5-3-7-20-13)15-11-18-9-12-4-1-2-6-14(12)15/h1-2,4,6,9,11,13,16,19H,3,5,7,10H2. The lowest BCUT2D eigenvalue weighted by atomic mass is 10.0.